The van der Waals surface area contributed by atoms with Crippen LogP contribution in [-0.2, 0) is 14.8 Å². The Hall–Kier alpha value is -1.70. The largest absolute Gasteiger partial charge is 0.382 e. The smallest absolute Gasteiger partial charge is 0.247 e. The Morgan fingerprint density at radius 3 is 2.56 bits per heavy atom. The number of carbonyl (C=O) groups is 1. The van der Waals surface area contributed by atoms with Gasteiger partial charge in [-0.25, -0.2) is 13.1 Å². The van der Waals surface area contributed by atoms with Crippen LogP contribution in [0.3, 0.4) is 0 Å². The minimum atomic E-state index is -3.71. The van der Waals surface area contributed by atoms with E-state index in [0.29, 0.717) is 0 Å². The summed E-state index contributed by atoms with van der Waals surface area (Å²) >= 11 is 0. The fourth-order valence-electron chi connectivity index (χ4n) is 1.08. The van der Waals surface area contributed by atoms with Gasteiger partial charge in [0.15, 0.2) is 0 Å². The molecule has 1 unspecified atom stereocenters. The van der Waals surface area contributed by atoms with Crippen molar-refractivity contribution in [2.75, 3.05) is 6.54 Å². The lowest BCUT2D eigenvalue weighted by Gasteiger charge is -2.06. The maximum atomic E-state index is 11.5. The SMILES string of the molecule is NC(=O)C(O)CNS(=O)(=O)/C=C/c1ccccc1. The Bertz CT molecular complexity index is 525. The predicted octanol–water partition coefficient (Wildman–Crippen LogP) is -0.577. The van der Waals surface area contributed by atoms with Crippen LogP contribution < -0.4 is 10.5 Å². The van der Waals surface area contributed by atoms with Gasteiger partial charge in [0.1, 0.15) is 6.10 Å². The van der Waals surface area contributed by atoms with Crippen LogP contribution in [0.25, 0.3) is 6.08 Å². The Balaban J connectivity index is 2.60. The van der Waals surface area contributed by atoms with Crippen molar-refractivity contribution in [1.82, 2.24) is 4.72 Å². The van der Waals surface area contributed by atoms with Gasteiger partial charge in [-0.3, -0.25) is 4.79 Å². The molecule has 0 heterocycles. The van der Waals surface area contributed by atoms with E-state index in [1.54, 1.807) is 24.3 Å². The molecule has 0 aliphatic carbocycles. The zero-order valence-electron chi connectivity index (χ0n) is 9.48. The number of rotatable bonds is 6. The van der Waals surface area contributed by atoms with Gasteiger partial charge < -0.3 is 10.8 Å². The first-order valence-electron chi connectivity index (χ1n) is 5.11. The molecule has 1 aromatic carbocycles. The Morgan fingerprint density at radius 1 is 1.39 bits per heavy atom. The van der Waals surface area contributed by atoms with Crippen LogP contribution in [0.15, 0.2) is 35.7 Å². The third-order valence-corrected chi connectivity index (χ3v) is 3.11. The standard InChI is InChI=1S/C11H14N2O4S/c12-11(15)10(14)8-13-18(16,17)7-6-9-4-2-1-3-5-9/h1-7,10,13-14H,8H2,(H2,12,15)/b7-6+. The van der Waals surface area contributed by atoms with Crippen LogP contribution in [0.2, 0.25) is 0 Å². The average Bonchev–Trinajstić information content (AvgIpc) is 2.35. The molecule has 1 aromatic rings. The highest BCUT2D eigenvalue weighted by Crippen LogP contribution is 2.02. The molecule has 1 atom stereocenters. The number of sulfonamides is 1. The van der Waals surface area contributed by atoms with Crippen LogP contribution in [0.1, 0.15) is 5.56 Å². The van der Waals surface area contributed by atoms with E-state index in [2.05, 4.69) is 0 Å². The van der Waals surface area contributed by atoms with E-state index in [1.165, 1.54) is 6.08 Å². The van der Waals surface area contributed by atoms with Crippen molar-refractivity contribution in [2.45, 2.75) is 6.10 Å². The van der Waals surface area contributed by atoms with E-state index in [4.69, 9.17) is 10.8 Å². The van der Waals surface area contributed by atoms with Gasteiger partial charge >= 0.3 is 0 Å². The van der Waals surface area contributed by atoms with E-state index < -0.39 is 28.6 Å². The van der Waals surface area contributed by atoms with Crippen molar-refractivity contribution in [3.8, 4) is 0 Å². The molecular weight excluding hydrogens is 256 g/mol. The number of hydrogen-bond acceptors (Lipinski definition) is 4. The second-order valence-electron chi connectivity index (χ2n) is 3.53. The van der Waals surface area contributed by atoms with E-state index in [9.17, 15) is 13.2 Å². The molecule has 4 N–H and O–H groups in total. The van der Waals surface area contributed by atoms with Crippen molar-refractivity contribution in [2.24, 2.45) is 5.73 Å². The number of primary amides is 1. The highest BCUT2D eigenvalue weighted by Gasteiger charge is 2.13. The molecule has 98 valence electrons. The lowest BCUT2D eigenvalue weighted by molar-refractivity contribution is -0.125. The maximum absolute atomic E-state index is 11.5. The van der Waals surface area contributed by atoms with Crippen molar-refractivity contribution >= 4 is 22.0 Å². The molecule has 1 amide bonds. The van der Waals surface area contributed by atoms with E-state index in [-0.39, 0.29) is 0 Å². The molecule has 0 aliphatic heterocycles. The van der Waals surface area contributed by atoms with Gasteiger partial charge in [0, 0.05) is 12.0 Å². The average molecular weight is 270 g/mol. The third kappa shape index (κ3) is 5.09. The summed E-state index contributed by atoms with van der Waals surface area (Å²) in [6.07, 6.45) is -0.135. The van der Waals surface area contributed by atoms with E-state index >= 15 is 0 Å². The van der Waals surface area contributed by atoms with Crippen LogP contribution in [0.5, 0.6) is 0 Å². The number of nitrogens with one attached hydrogen (secondary N) is 1. The van der Waals surface area contributed by atoms with Crippen LogP contribution in [-0.4, -0.2) is 32.1 Å². The summed E-state index contributed by atoms with van der Waals surface area (Å²) in [4.78, 5) is 10.5. The summed E-state index contributed by atoms with van der Waals surface area (Å²) in [6.45, 7) is -0.448. The minimum absolute atomic E-state index is 0.448. The van der Waals surface area contributed by atoms with Gasteiger partial charge in [0.05, 0.1) is 0 Å². The summed E-state index contributed by atoms with van der Waals surface area (Å²) in [7, 11) is -3.71. The minimum Gasteiger partial charge on any atom is -0.382 e. The lowest BCUT2D eigenvalue weighted by Crippen LogP contribution is -2.39. The molecule has 0 saturated heterocycles. The number of nitrogens with two attached hydrogens (primary N) is 1. The van der Waals surface area contributed by atoms with Gasteiger partial charge in [-0.05, 0) is 11.6 Å². The lowest BCUT2D eigenvalue weighted by atomic mass is 10.2. The maximum Gasteiger partial charge on any atom is 0.247 e. The van der Waals surface area contributed by atoms with Crippen LogP contribution >= 0.6 is 0 Å². The topological polar surface area (TPSA) is 109 Å². The molecule has 0 saturated carbocycles. The van der Waals surface area contributed by atoms with E-state index in [0.717, 1.165) is 11.0 Å². The highest BCUT2D eigenvalue weighted by atomic mass is 32.2. The first-order valence-corrected chi connectivity index (χ1v) is 6.65. The molecule has 18 heavy (non-hydrogen) atoms. The fourth-order valence-corrected chi connectivity index (χ4v) is 1.90. The molecule has 1 rings (SSSR count). The zero-order valence-corrected chi connectivity index (χ0v) is 10.3. The van der Waals surface area contributed by atoms with E-state index in [1.807, 2.05) is 10.8 Å². The number of aliphatic hydroxyl groups excluding tert-OH is 1. The summed E-state index contributed by atoms with van der Waals surface area (Å²) in [5, 5.41) is 10.0. The zero-order chi connectivity index (χ0) is 13.6. The highest BCUT2D eigenvalue weighted by molar-refractivity contribution is 7.92. The number of benzene rings is 1. The quantitative estimate of drug-likeness (QED) is 0.642. The first-order chi connectivity index (χ1) is 8.41. The summed E-state index contributed by atoms with van der Waals surface area (Å²) in [6, 6.07) is 8.84. The van der Waals surface area contributed by atoms with Gasteiger partial charge in [0.2, 0.25) is 15.9 Å². The normalized spacial score (nSPS) is 13.6. The molecular formula is C11H14N2O4S. The monoisotopic (exact) mass is 270 g/mol. The van der Waals surface area contributed by atoms with Crippen LogP contribution in [0.4, 0.5) is 0 Å². The number of amides is 1. The second kappa shape index (κ2) is 6.29. The summed E-state index contributed by atoms with van der Waals surface area (Å²) < 4.78 is 25.0. The van der Waals surface area contributed by atoms with Crippen molar-refractivity contribution in [1.29, 1.82) is 0 Å². The third-order valence-electron chi connectivity index (χ3n) is 2.05. The molecule has 0 spiro atoms. The molecule has 0 radical (unpaired) electrons. The van der Waals surface area contributed by atoms with Crippen molar-refractivity contribution < 1.29 is 18.3 Å². The fraction of sp³-hybridized carbons (Fsp3) is 0.182. The van der Waals surface area contributed by atoms with Gasteiger partial charge in [0.25, 0.3) is 0 Å². The number of carbonyl (C=O) groups excluding carboxylic acids is 1. The van der Waals surface area contributed by atoms with Gasteiger partial charge in [-0.15, -0.1) is 0 Å². The predicted molar refractivity (Wildman–Crippen MR) is 67.6 cm³/mol. The summed E-state index contributed by atoms with van der Waals surface area (Å²) in [5.41, 5.74) is 5.51. The van der Waals surface area contributed by atoms with Gasteiger partial charge in [-0.2, -0.15) is 0 Å². The molecule has 0 fully saturated rings. The number of hydrogen-bond donors (Lipinski definition) is 3. The van der Waals surface area contributed by atoms with Crippen molar-refractivity contribution in [3.05, 3.63) is 41.3 Å². The summed E-state index contributed by atoms with van der Waals surface area (Å²) in [5.74, 6) is -0.982. The molecule has 0 aromatic heterocycles. The number of aliphatic hydroxyl groups is 1. The second-order valence-corrected chi connectivity index (χ2v) is 5.18. The molecule has 0 bridgehead atoms. The Labute approximate surface area is 105 Å². The Morgan fingerprint density at radius 2 is 2.00 bits per heavy atom. The molecule has 7 heteroatoms. The molecule has 6 nitrogen and oxygen atoms in total. The Kier molecular flexibility index (Phi) is 5.02. The van der Waals surface area contributed by atoms with Gasteiger partial charge in [-0.1, -0.05) is 30.3 Å². The van der Waals surface area contributed by atoms with Crippen molar-refractivity contribution in [3.63, 3.8) is 0 Å². The molecule has 0 aliphatic rings. The van der Waals surface area contributed by atoms with Crippen LogP contribution in [0, 0.1) is 0 Å². The first kappa shape index (κ1) is 14.4.